The van der Waals surface area contributed by atoms with Crippen molar-refractivity contribution in [2.45, 2.75) is 45.6 Å². The van der Waals surface area contributed by atoms with E-state index >= 15 is 0 Å². The van der Waals surface area contributed by atoms with E-state index in [4.69, 9.17) is 4.74 Å². The Morgan fingerprint density at radius 1 is 0.958 bits per heavy atom. The van der Waals surface area contributed by atoms with E-state index in [1.165, 1.54) is 0 Å². The van der Waals surface area contributed by atoms with Crippen molar-refractivity contribution in [3.8, 4) is 5.75 Å². The number of hydrogen-bond acceptors (Lipinski definition) is 3. The summed E-state index contributed by atoms with van der Waals surface area (Å²) in [7, 11) is -2.05. The first-order valence-electron chi connectivity index (χ1n) is 7.90. The van der Waals surface area contributed by atoms with Crippen LogP contribution in [0.25, 0.3) is 0 Å². The second-order valence-electron chi connectivity index (χ2n) is 6.29. The van der Waals surface area contributed by atoms with Gasteiger partial charge in [-0.1, -0.05) is 23.8 Å². The van der Waals surface area contributed by atoms with E-state index in [1.54, 1.807) is 33.1 Å². The highest BCUT2D eigenvalue weighted by atomic mass is 32.2. The van der Waals surface area contributed by atoms with Gasteiger partial charge in [0.2, 0.25) is 10.0 Å². The molecule has 1 atom stereocenters. The Morgan fingerprint density at radius 3 is 2.04 bits per heavy atom. The maximum absolute atomic E-state index is 12.9. The lowest BCUT2D eigenvalue weighted by Crippen LogP contribution is -2.28. The van der Waals surface area contributed by atoms with E-state index in [9.17, 15) is 8.42 Å². The van der Waals surface area contributed by atoms with E-state index in [0.717, 1.165) is 16.7 Å². The first kappa shape index (κ1) is 18.5. The Balaban J connectivity index is 2.38. The van der Waals surface area contributed by atoms with Crippen LogP contribution in [0.2, 0.25) is 0 Å². The summed E-state index contributed by atoms with van der Waals surface area (Å²) in [4.78, 5) is 0.319. The minimum Gasteiger partial charge on any atom is -0.497 e. The lowest BCUT2D eigenvalue weighted by atomic mass is 10.0. The third-order valence-corrected chi connectivity index (χ3v) is 6.01. The predicted molar refractivity (Wildman–Crippen MR) is 97.1 cm³/mol. The Kier molecular flexibility index (Phi) is 5.35. The molecule has 0 aliphatic rings. The van der Waals surface area contributed by atoms with Gasteiger partial charge in [0.25, 0.3) is 0 Å². The predicted octanol–water partition coefficient (Wildman–Crippen LogP) is 3.97. The molecule has 0 aliphatic heterocycles. The summed E-state index contributed by atoms with van der Waals surface area (Å²) in [5, 5.41) is 0. The molecule has 0 fully saturated rings. The summed E-state index contributed by atoms with van der Waals surface area (Å²) in [6, 6.07) is 9.20. The Morgan fingerprint density at radius 2 is 1.54 bits per heavy atom. The van der Waals surface area contributed by atoms with E-state index in [2.05, 4.69) is 10.8 Å². The van der Waals surface area contributed by atoms with Crippen LogP contribution in [0.5, 0.6) is 5.75 Å². The third kappa shape index (κ3) is 3.79. The van der Waals surface area contributed by atoms with Gasteiger partial charge in [0.1, 0.15) is 5.75 Å². The molecular formula is C19H25NO3S. The first-order chi connectivity index (χ1) is 11.2. The van der Waals surface area contributed by atoms with Crippen molar-refractivity contribution < 1.29 is 13.2 Å². The number of hydrogen-bond donors (Lipinski definition) is 1. The van der Waals surface area contributed by atoms with Crippen LogP contribution in [-0.2, 0) is 10.0 Å². The lowest BCUT2D eigenvalue weighted by molar-refractivity contribution is 0.413. The standard InChI is InChI=1S/C19H25NO3S/c1-12-7-8-18(13(2)9-12)16(5)20-24(21,22)19-14(3)10-17(23-6)11-15(19)4/h7-11,16,20H,1-6H3. The summed E-state index contributed by atoms with van der Waals surface area (Å²) in [5.74, 6) is 0.659. The number of ether oxygens (including phenoxy) is 1. The quantitative estimate of drug-likeness (QED) is 0.890. The Labute approximate surface area is 144 Å². The van der Waals surface area contributed by atoms with Crippen molar-refractivity contribution in [3.05, 3.63) is 58.1 Å². The van der Waals surface area contributed by atoms with Crippen LogP contribution in [0.3, 0.4) is 0 Å². The molecule has 0 heterocycles. The third-order valence-electron chi connectivity index (χ3n) is 4.16. The van der Waals surface area contributed by atoms with Gasteiger partial charge < -0.3 is 4.74 Å². The van der Waals surface area contributed by atoms with Gasteiger partial charge in [-0.15, -0.1) is 0 Å². The Bertz CT molecular complexity index is 834. The molecular weight excluding hydrogens is 322 g/mol. The molecule has 24 heavy (non-hydrogen) atoms. The zero-order valence-corrected chi connectivity index (χ0v) is 15.9. The van der Waals surface area contributed by atoms with Crippen molar-refractivity contribution in [1.82, 2.24) is 4.72 Å². The topological polar surface area (TPSA) is 55.4 Å². The van der Waals surface area contributed by atoms with Gasteiger partial charge in [0.15, 0.2) is 0 Å². The average molecular weight is 347 g/mol. The molecule has 1 N–H and O–H groups in total. The molecule has 1 unspecified atom stereocenters. The fraction of sp³-hybridized carbons (Fsp3) is 0.368. The summed E-state index contributed by atoms with van der Waals surface area (Å²) in [6.07, 6.45) is 0. The maximum Gasteiger partial charge on any atom is 0.241 e. The molecule has 0 radical (unpaired) electrons. The van der Waals surface area contributed by atoms with Gasteiger partial charge in [0, 0.05) is 6.04 Å². The number of sulfonamides is 1. The van der Waals surface area contributed by atoms with Gasteiger partial charge in [0.05, 0.1) is 12.0 Å². The van der Waals surface area contributed by atoms with Crippen molar-refractivity contribution in [1.29, 1.82) is 0 Å². The highest BCUT2D eigenvalue weighted by molar-refractivity contribution is 7.89. The van der Waals surface area contributed by atoms with Gasteiger partial charge >= 0.3 is 0 Å². The molecule has 0 amide bonds. The molecule has 2 aromatic carbocycles. The van der Waals surface area contributed by atoms with Crippen LogP contribution in [-0.4, -0.2) is 15.5 Å². The fourth-order valence-corrected chi connectivity index (χ4v) is 4.79. The summed E-state index contributed by atoms with van der Waals surface area (Å²) >= 11 is 0. The molecule has 0 saturated carbocycles. The summed E-state index contributed by atoms with van der Waals surface area (Å²) in [5.41, 5.74) is 4.56. The van der Waals surface area contributed by atoms with Crippen LogP contribution >= 0.6 is 0 Å². The van der Waals surface area contributed by atoms with Crippen LogP contribution in [0.1, 0.15) is 40.8 Å². The van der Waals surface area contributed by atoms with Crippen LogP contribution in [0.15, 0.2) is 35.2 Å². The fourth-order valence-electron chi connectivity index (χ4n) is 3.12. The SMILES string of the molecule is COc1cc(C)c(S(=O)(=O)NC(C)c2ccc(C)cc2C)c(C)c1. The molecule has 2 aromatic rings. The van der Waals surface area contributed by atoms with E-state index in [1.807, 2.05) is 32.9 Å². The van der Waals surface area contributed by atoms with E-state index in [-0.39, 0.29) is 6.04 Å². The van der Waals surface area contributed by atoms with E-state index < -0.39 is 10.0 Å². The monoisotopic (exact) mass is 347 g/mol. The lowest BCUT2D eigenvalue weighted by Gasteiger charge is -2.19. The van der Waals surface area contributed by atoms with Gasteiger partial charge in [-0.05, 0) is 69.0 Å². The first-order valence-corrected chi connectivity index (χ1v) is 9.38. The number of aryl methyl sites for hydroxylation is 4. The van der Waals surface area contributed by atoms with Crippen LogP contribution in [0, 0.1) is 27.7 Å². The number of methoxy groups -OCH3 is 1. The maximum atomic E-state index is 12.9. The van der Waals surface area contributed by atoms with Gasteiger partial charge in [-0.2, -0.15) is 0 Å². The zero-order chi connectivity index (χ0) is 18.1. The number of benzene rings is 2. The summed E-state index contributed by atoms with van der Waals surface area (Å²) < 4.78 is 33.8. The minimum absolute atomic E-state index is 0.309. The zero-order valence-electron chi connectivity index (χ0n) is 15.1. The molecule has 0 aromatic heterocycles. The largest absolute Gasteiger partial charge is 0.497 e. The van der Waals surface area contributed by atoms with Gasteiger partial charge in [-0.3, -0.25) is 0 Å². The molecule has 2 rings (SSSR count). The molecule has 0 bridgehead atoms. The van der Waals surface area contributed by atoms with Crippen molar-refractivity contribution in [2.75, 3.05) is 7.11 Å². The molecule has 0 aliphatic carbocycles. The molecule has 4 nitrogen and oxygen atoms in total. The normalized spacial score (nSPS) is 12.9. The number of nitrogens with one attached hydrogen (secondary N) is 1. The van der Waals surface area contributed by atoms with Crippen molar-refractivity contribution in [3.63, 3.8) is 0 Å². The average Bonchev–Trinajstić information content (AvgIpc) is 2.45. The molecule has 5 heteroatoms. The molecule has 0 spiro atoms. The second kappa shape index (κ2) is 6.95. The van der Waals surface area contributed by atoms with Crippen LogP contribution in [0.4, 0.5) is 0 Å². The molecule has 0 saturated heterocycles. The smallest absolute Gasteiger partial charge is 0.241 e. The minimum atomic E-state index is -3.63. The van der Waals surface area contributed by atoms with Crippen molar-refractivity contribution in [2.24, 2.45) is 0 Å². The number of rotatable bonds is 5. The second-order valence-corrected chi connectivity index (χ2v) is 7.94. The molecule has 130 valence electrons. The van der Waals surface area contributed by atoms with Gasteiger partial charge in [-0.25, -0.2) is 13.1 Å². The van der Waals surface area contributed by atoms with Crippen molar-refractivity contribution >= 4 is 10.0 Å². The highest BCUT2D eigenvalue weighted by Gasteiger charge is 2.23. The highest BCUT2D eigenvalue weighted by Crippen LogP contribution is 2.27. The van der Waals surface area contributed by atoms with E-state index in [0.29, 0.717) is 21.8 Å². The van der Waals surface area contributed by atoms with Crippen LogP contribution < -0.4 is 9.46 Å². The Hall–Kier alpha value is -1.85. The summed E-state index contributed by atoms with van der Waals surface area (Å²) in [6.45, 7) is 9.45.